The van der Waals surface area contributed by atoms with Crippen LogP contribution in [0.4, 0.5) is 0 Å². The molecule has 1 rings (SSSR count). The first-order valence-electron chi connectivity index (χ1n) is 7.25. The average molecular weight is 266 g/mol. The van der Waals surface area contributed by atoms with Crippen molar-refractivity contribution in [2.75, 3.05) is 6.61 Å². The van der Waals surface area contributed by atoms with E-state index in [2.05, 4.69) is 6.92 Å². The molecule has 0 radical (unpaired) electrons. The van der Waals surface area contributed by atoms with Gasteiger partial charge in [-0.05, 0) is 43.4 Å². The molecule has 108 valence electrons. The molecular formula is C16H26O3. The smallest absolute Gasteiger partial charge is 0.119 e. The topological polar surface area (TPSA) is 49.7 Å². The molecule has 2 atom stereocenters. The minimum atomic E-state index is -0.629. The van der Waals surface area contributed by atoms with Gasteiger partial charge in [-0.3, -0.25) is 0 Å². The van der Waals surface area contributed by atoms with Crippen LogP contribution < -0.4 is 4.74 Å². The van der Waals surface area contributed by atoms with Crippen LogP contribution >= 0.6 is 0 Å². The molecular weight excluding hydrogens is 240 g/mol. The number of rotatable bonds is 9. The number of aliphatic hydroxyl groups excluding tert-OH is 2. The summed E-state index contributed by atoms with van der Waals surface area (Å²) in [6.07, 6.45) is 2.69. The zero-order valence-electron chi connectivity index (χ0n) is 12.0. The second-order valence-electron chi connectivity index (χ2n) is 4.95. The van der Waals surface area contributed by atoms with Gasteiger partial charge in [0.25, 0.3) is 0 Å². The van der Waals surface area contributed by atoms with Gasteiger partial charge in [0, 0.05) is 0 Å². The second-order valence-corrected chi connectivity index (χ2v) is 4.95. The van der Waals surface area contributed by atoms with Gasteiger partial charge in [-0.1, -0.05) is 32.4 Å². The lowest BCUT2D eigenvalue weighted by Crippen LogP contribution is -2.26. The third kappa shape index (κ3) is 6.08. The lowest BCUT2D eigenvalue weighted by atomic mass is 10.0. The molecule has 0 fully saturated rings. The molecule has 3 heteroatoms. The predicted molar refractivity (Wildman–Crippen MR) is 77.5 cm³/mol. The molecule has 0 aliphatic heterocycles. The maximum Gasteiger partial charge on any atom is 0.119 e. The third-order valence-electron chi connectivity index (χ3n) is 3.15. The van der Waals surface area contributed by atoms with Crippen LogP contribution in [0.15, 0.2) is 24.3 Å². The Kier molecular flexibility index (Phi) is 7.53. The Labute approximate surface area is 116 Å². The van der Waals surface area contributed by atoms with Crippen LogP contribution in [-0.4, -0.2) is 29.0 Å². The molecule has 3 nitrogen and oxygen atoms in total. The number of ether oxygens (including phenoxy) is 1. The molecule has 0 amide bonds. The van der Waals surface area contributed by atoms with Crippen molar-refractivity contribution in [2.24, 2.45) is 0 Å². The van der Waals surface area contributed by atoms with Gasteiger partial charge in [-0.15, -0.1) is 0 Å². The largest absolute Gasteiger partial charge is 0.494 e. The molecule has 0 saturated heterocycles. The van der Waals surface area contributed by atoms with Crippen molar-refractivity contribution < 1.29 is 14.9 Å². The normalized spacial score (nSPS) is 14.1. The van der Waals surface area contributed by atoms with Crippen molar-refractivity contribution in [1.29, 1.82) is 0 Å². The standard InChI is InChI=1S/C16H26O3/c1-3-5-15(17)16(18)11-8-13-6-9-14(10-7-13)19-12-4-2/h6-7,9-10,15-18H,3-5,8,11-12H2,1-2H3. The van der Waals surface area contributed by atoms with E-state index in [1.165, 1.54) is 0 Å². The quantitative estimate of drug-likeness (QED) is 0.722. The molecule has 0 aliphatic rings. The lowest BCUT2D eigenvalue weighted by Gasteiger charge is -2.17. The second kappa shape index (κ2) is 8.94. The van der Waals surface area contributed by atoms with Crippen LogP contribution in [0, 0.1) is 0 Å². The zero-order valence-corrected chi connectivity index (χ0v) is 12.0. The Balaban J connectivity index is 2.36. The van der Waals surface area contributed by atoms with Crippen molar-refractivity contribution in [3.8, 4) is 5.75 Å². The highest BCUT2D eigenvalue weighted by Crippen LogP contribution is 2.15. The van der Waals surface area contributed by atoms with Crippen LogP contribution in [0.25, 0.3) is 0 Å². The molecule has 1 aromatic rings. The van der Waals surface area contributed by atoms with E-state index in [0.717, 1.165) is 37.2 Å². The van der Waals surface area contributed by atoms with E-state index >= 15 is 0 Å². The van der Waals surface area contributed by atoms with Crippen LogP contribution in [0.3, 0.4) is 0 Å². The van der Waals surface area contributed by atoms with Crippen LogP contribution in [-0.2, 0) is 6.42 Å². The fraction of sp³-hybridized carbons (Fsp3) is 0.625. The number of benzene rings is 1. The lowest BCUT2D eigenvalue weighted by molar-refractivity contribution is 0.00980. The van der Waals surface area contributed by atoms with Gasteiger partial charge in [-0.25, -0.2) is 0 Å². The van der Waals surface area contributed by atoms with Crippen molar-refractivity contribution in [2.45, 2.75) is 58.2 Å². The Hall–Kier alpha value is -1.06. The van der Waals surface area contributed by atoms with Gasteiger partial charge >= 0.3 is 0 Å². The van der Waals surface area contributed by atoms with Gasteiger partial charge in [0.15, 0.2) is 0 Å². The molecule has 19 heavy (non-hydrogen) atoms. The van der Waals surface area contributed by atoms with E-state index in [1.807, 2.05) is 31.2 Å². The van der Waals surface area contributed by atoms with Gasteiger partial charge in [-0.2, -0.15) is 0 Å². The summed E-state index contributed by atoms with van der Waals surface area (Å²) >= 11 is 0. The van der Waals surface area contributed by atoms with Crippen LogP contribution in [0.5, 0.6) is 5.75 Å². The monoisotopic (exact) mass is 266 g/mol. The highest BCUT2D eigenvalue weighted by Gasteiger charge is 2.14. The number of hydrogen-bond acceptors (Lipinski definition) is 3. The minimum absolute atomic E-state index is 0.594. The molecule has 0 spiro atoms. The summed E-state index contributed by atoms with van der Waals surface area (Å²) in [5, 5.41) is 19.5. The van der Waals surface area contributed by atoms with Gasteiger partial charge in [0.05, 0.1) is 18.8 Å². The molecule has 2 unspecified atom stereocenters. The maximum atomic E-state index is 9.81. The van der Waals surface area contributed by atoms with E-state index < -0.39 is 12.2 Å². The summed E-state index contributed by atoms with van der Waals surface area (Å²) in [5.41, 5.74) is 1.16. The maximum absolute atomic E-state index is 9.81. The molecule has 1 aromatic carbocycles. The van der Waals surface area contributed by atoms with Crippen LogP contribution in [0.1, 0.15) is 45.1 Å². The van der Waals surface area contributed by atoms with E-state index in [4.69, 9.17) is 4.74 Å². The predicted octanol–water partition coefficient (Wildman–Crippen LogP) is 2.93. The first kappa shape index (κ1) is 16.0. The van der Waals surface area contributed by atoms with E-state index in [0.29, 0.717) is 12.8 Å². The van der Waals surface area contributed by atoms with E-state index in [9.17, 15) is 10.2 Å². The molecule has 0 saturated carbocycles. The van der Waals surface area contributed by atoms with Crippen molar-refractivity contribution in [3.05, 3.63) is 29.8 Å². The van der Waals surface area contributed by atoms with Crippen molar-refractivity contribution in [1.82, 2.24) is 0 Å². The molecule has 0 aromatic heterocycles. The Morgan fingerprint density at radius 3 is 2.16 bits per heavy atom. The summed E-state index contributed by atoms with van der Waals surface area (Å²) < 4.78 is 5.52. The third-order valence-corrected chi connectivity index (χ3v) is 3.15. The minimum Gasteiger partial charge on any atom is -0.494 e. The summed E-state index contributed by atoms with van der Waals surface area (Å²) in [5.74, 6) is 0.886. The van der Waals surface area contributed by atoms with E-state index in [-0.39, 0.29) is 0 Å². The molecule has 0 heterocycles. The Morgan fingerprint density at radius 2 is 1.58 bits per heavy atom. The fourth-order valence-corrected chi connectivity index (χ4v) is 1.97. The Morgan fingerprint density at radius 1 is 0.947 bits per heavy atom. The van der Waals surface area contributed by atoms with Crippen molar-refractivity contribution in [3.63, 3.8) is 0 Å². The number of aryl methyl sites for hydroxylation is 1. The fourth-order valence-electron chi connectivity index (χ4n) is 1.97. The van der Waals surface area contributed by atoms with Crippen molar-refractivity contribution >= 4 is 0 Å². The summed E-state index contributed by atoms with van der Waals surface area (Å²) in [6.45, 7) is 4.82. The average Bonchev–Trinajstić information content (AvgIpc) is 2.43. The van der Waals surface area contributed by atoms with Gasteiger partial charge in [0.2, 0.25) is 0 Å². The molecule has 2 N–H and O–H groups in total. The first-order valence-corrected chi connectivity index (χ1v) is 7.25. The zero-order chi connectivity index (χ0) is 14.1. The summed E-state index contributed by atoms with van der Waals surface area (Å²) in [4.78, 5) is 0. The van der Waals surface area contributed by atoms with Crippen LogP contribution in [0.2, 0.25) is 0 Å². The van der Waals surface area contributed by atoms with Gasteiger partial charge in [0.1, 0.15) is 5.75 Å². The number of aliphatic hydroxyl groups is 2. The SMILES string of the molecule is CCCOc1ccc(CCC(O)C(O)CCC)cc1. The first-order chi connectivity index (χ1) is 9.17. The Bertz CT molecular complexity index is 334. The number of hydrogen-bond donors (Lipinski definition) is 2. The summed E-state index contributed by atoms with van der Waals surface area (Å²) in [7, 11) is 0. The molecule has 0 aliphatic carbocycles. The highest BCUT2D eigenvalue weighted by molar-refractivity contribution is 5.27. The molecule has 0 bridgehead atoms. The van der Waals surface area contributed by atoms with E-state index in [1.54, 1.807) is 0 Å². The van der Waals surface area contributed by atoms with Gasteiger partial charge < -0.3 is 14.9 Å². The summed E-state index contributed by atoms with van der Waals surface area (Å²) in [6, 6.07) is 7.95. The highest BCUT2D eigenvalue weighted by atomic mass is 16.5.